The van der Waals surface area contributed by atoms with Gasteiger partial charge in [-0.3, -0.25) is 4.79 Å². The third kappa shape index (κ3) is 2.40. The van der Waals surface area contributed by atoms with E-state index in [9.17, 15) is 9.18 Å². The second-order valence-electron chi connectivity index (χ2n) is 2.48. The lowest BCUT2D eigenvalue weighted by Crippen LogP contribution is -2.24. The maximum absolute atomic E-state index is 13.0. The van der Waals surface area contributed by atoms with E-state index in [2.05, 4.69) is 11.9 Å². The fourth-order valence-electron chi connectivity index (χ4n) is 0.905. The van der Waals surface area contributed by atoms with Crippen molar-refractivity contribution in [1.82, 2.24) is 5.32 Å². The average Bonchev–Trinajstić information content (AvgIpc) is 2.15. The molecule has 0 radical (unpaired) electrons. The van der Waals surface area contributed by atoms with Crippen molar-refractivity contribution in [2.45, 2.75) is 0 Å². The van der Waals surface area contributed by atoms with E-state index in [1.165, 1.54) is 12.1 Å². The first-order valence-electron chi connectivity index (χ1n) is 3.89. The second-order valence-corrected chi connectivity index (χ2v) is 2.48. The van der Waals surface area contributed by atoms with Crippen LogP contribution in [0.3, 0.4) is 0 Å². The predicted octanol–water partition coefficient (Wildman–Crippen LogP) is 1.74. The smallest absolute Gasteiger partial charge is 0.254 e. The Kier molecular flexibility index (Phi) is 3.20. The zero-order valence-electron chi connectivity index (χ0n) is 7.09. The standard InChI is InChI=1S/C10H10FNO/c1-2-7-12-10(13)8-5-3-4-6-9(8)11/h2-6H,1,7H2,(H,12,13). The minimum absolute atomic E-state index is 0.0596. The molecule has 0 fully saturated rings. The lowest BCUT2D eigenvalue weighted by atomic mass is 10.2. The average molecular weight is 179 g/mol. The molecule has 1 N–H and O–H groups in total. The van der Waals surface area contributed by atoms with Gasteiger partial charge in [-0.1, -0.05) is 18.2 Å². The molecule has 0 spiro atoms. The van der Waals surface area contributed by atoms with Crippen LogP contribution >= 0.6 is 0 Å². The number of benzene rings is 1. The quantitative estimate of drug-likeness (QED) is 0.703. The van der Waals surface area contributed by atoms with Crippen LogP contribution in [0.2, 0.25) is 0 Å². The van der Waals surface area contributed by atoms with E-state index in [4.69, 9.17) is 0 Å². The highest BCUT2D eigenvalue weighted by molar-refractivity contribution is 5.94. The van der Waals surface area contributed by atoms with Gasteiger partial charge in [0.2, 0.25) is 0 Å². The highest BCUT2D eigenvalue weighted by atomic mass is 19.1. The van der Waals surface area contributed by atoms with Gasteiger partial charge in [0, 0.05) is 6.54 Å². The SMILES string of the molecule is C=CCNC(=O)c1ccccc1F. The topological polar surface area (TPSA) is 29.1 Å². The van der Waals surface area contributed by atoms with Gasteiger partial charge in [0.05, 0.1) is 5.56 Å². The summed E-state index contributed by atoms with van der Waals surface area (Å²) in [5.41, 5.74) is 0.0596. The molecule has 0 saturated carbocycles. The number of carbonyl (C=O) groups excluding carboxylic acids is 1. The van der Waals surface area contributed by atoms with Gasteiger partial charge in [-0.25, -0.2) is 4.39 Å². The van der Waals surface area contributed by atoms with Crippen molar-refractivity contribution in [3.05, 3.63) is 48.3 Å². The van der Waals surface area contributed by atoms with E-state index < -0.39 is 11.7 Å². The number of amides is 1. The third-order valence-electron chi connectivity index (χ3n) is 1.53. The molecule has 2 nitrogen and oxygen atoms in total. The molecule has 13 heavy (non-hydrogen) atoms. The van der Waals surface area contributed by atoms with Crippen LogP contribution in [-0.2, 0) is 0 Å². The number of carbonyl (C=O) groups is 1. The van der Waals surface area contributed by atoms with Gasteiger partial charge in [0.25, 0.3) is 5.91 Å². The van der Waals surface area contributed by atoms with Crippen LogP contribution < -0.4 is 5.32 Å². The first-order chi connectivity index (χ1) is 6.25. The van der Waals surface area contributed by atoms with Crippen molar-refractivity contribution in [2.24, 2.45) is 0 Å². The molecule has 0 aliphatic heterocycles. The Balaban J connectivity index is 2.76. The Morgan fingerprint density at radius 2 is 2.23 bits per heavy atom. The van der Waals surface area contributed by atoms with E-state index in [0.717, 1.165) is 0 Å². The summed E-state index contributed by atoms with van der Waals surface area (Å²) in [4.78, 5) is 11.2. The van der Waals surface area contributed by atoms with E-state index in [-0.39, 0.29) is 5.56 Å². The maximum Gasteiger partial charge on any atom is 0.254 e. The summed E-state index contributed by atoms with van der Waals surface area (Å²) in [5.74, 6) is -0.929. The zero-order chi connectivity index (χ0) is 9.68. The minimum Gasteiger partial charge on any atom is -0.348 e. The summed E-state index contributed by atoms with van der Waals surface area (Å²) in [5, 5.41) is 2.49. The lowest BCUT2D eigenvalue weighted by molar-refractivity contribution is 0.0954. The van der Waals surface area contributed by atoms with Crippen LogP contribution in [0.15, 0.2) is 36.9 Å². The highest BCUT2D eigenvalue weighted by Crippen LogP contribution is 2.05. The van der Waals surface area contributed by atoms with Crippen LogP contribution in [0.5, 0.6) is 0 Å². The Bertz CT molecular complexity index is 322. The number of nitrogens with one attached hydrogen (secondary N) is 1. The van der Waals surface area contributed by atoms with E-state index in [1.807, 2.05) is 0 Å². The van der Waals surface area contributed by atoms with Gasteiger partial charge in [-0.15, -0.1) is 6.58 Å². The molecule has 0 heterocycles. The van der Waals surface area contributed by atoms with Crippen molar-refractivity contribution in [2.75, 3.05) is 6.54 Å². The summed E-state index contributed by atoms with van der Waals surface area (Å²) < 4.78 is 13.0. The minimum atomic E-state index is -0.510. The second kappa shape index (κ2) is 4.40. The largest absolute Gasteiger partial charge is 0.348 e. The Morgan fingerprint density at radius 1 is 1.54 bits per heavy atom. The summed E-state index contributed by atoms with van der Waals surface area (Å²) in [7, 11) is 0. The van der Waals surface area contributed by atoms with E-state index >= 15 is 0 Å². The van der Waals surface area contributed by atoms with Crippen LogP contribution in [0.4, 0.5) is 4.39 Å². The number of halogens is 1. The van der Waals surface area contributed by atoms with Gasteiger partial charge in [0.1, 0.15) is 5.82 Å². The van der Waals surface area contributed by atoms with Crippen molar-refractivity contribution < 1.29 is 9.18 Å². The fraction of sp³-hybridized carbons (Fsp3) is 0.100. The van der Waals surface area contributed by atoms with Gasteiger partial charge in [-0.05, 0) is 12.1 Å². The fourth-order valence-corrected chi connectivity index (χ4v) is 0.905. The summed E-state index contributed by atoms with van der Waals surface area (Å²) in [6.45, 7) is 3.78. The molecule has 1 amide bonds. The Morgan fingerprint density at radius 3 is 2.85 bits per heavy atom. The summed E-state index contributed by atoms with van der Waals surface area (Å²) in [6, 6.07) is 5.85. The molecular weight excluding hydrogens is 169 g/mol. The van der Waals surface area contributed by atoms with Crippen LogP contribution in [0.1, 0.15) is 10.4 Å². The number of hydrogen-bond acceptors (Lipinski definition) is 1. The van der Waals surface area contributed by atoms with E-state index in [0.29, 0.717) is 6.54 Å². The van der Waals surface area contributed by atoms with Crippen molar-refractivity contribution in [3.63, 3.8) is 0 Å². The van der Waals surface area contributed by atoms with Crippen molar-refractivity contribution >= 4 is 5.91 Å². The van der Waals surface area contributed by atoms with Gasteiger partial charge in [0.15, 0.2) is 0 Å². The third-order valence-corrected chi connectivity index (χ3v) is 1.53. The molecule has 1 aromatic rings. The van der Waals surface area contributed by atoms with E-state index in [1.54, 1.807) is 18.2 Å². The highest BCUT2D eigenvalue weighted by Gasteiger charge is 2.08. The molecule has 68 valence electrons. The molecule has 0 atom stereocenters. The molecule has 0 saturated heterocycles. The number of rotatable bonds is 3. The van der Waals surface area contributed by atoms with Gasteiger partial charge in [-0.2, -0.15) is 0 Å². The van der Waals surface area contributed by atoms with Gasteiger partial charge >= 0.3 is 0 Å². The molecule has 0 aromatic heterocycles. The lowest BCUT2D eigenvalue weighted by Gasteiger charge is -2.02. The number of hydrogen-bond donors (Lipinski definition) is 1. The molecule has 3 heteroatoms. The predicted molar refractivity (Wildman–Crippen MR) is 48.9 cm³/mol. The first kappa shape index (κ1) is 9.45. The molecule has 0 unspecified atom stereocenters. The van der Waals surface area contributed by atoms with Crippen LogP contribution in [0, 0.1) is 5.82 Å². The Labute approximate surface area is 76.1 Å². The monoisotopic (exact) mass is 179 g/mol. The van der Waals surface area contributed by atoms with Crippen LogP contribution in [-0.4, -0.2) is 12.5 Å². The molecule has 1 rings (SSSR count). The normalized spacial score (nSPS) is 9.31. The Hall–Kier alpha value is -1.64. The first-order valence-corrected chi connectivity index (χ1v) is 3.89. The molecule has 1 aromatic carbocycles. The summed E-state index contributed by atoms with van der Waals surface area (Å²) >= 11 is 0. The molecule has 0 aliphatic rings. The maximum atomic E-state index is 13.0. The van der Waals surface area contributed by atoms with Crippen LogP contribution in [0.25, 0.3) is 0 Å². The summed E-state index contributed by atoms with van der Waals surface area (Å²) in [6.07, 6.45) is 1.54. The van der Waals surface area contributed by atoms with Crippen molar-refractivity contribution in [3.8, 4) is 0 Å². The molecule has 0 bridgehead atoms. The molecule has 0 aliphatic carbocycles. The zero-order valence-corrected chi connectivity index (χ0v) is 7.09. The molecular formula is C10H10FNO. The van der Waals surface area contributed by atoms with Gasteiger partial charge < -0.3 is 5.32 Å². The van der Waals surface area contributed by atoms with Crippen molar-refractivity contribution in [1.29, 1.82) is 0 Å².